The highest BCUT2D eigenvalue weighted by molar-refractivity contribution is 5.80. The Balaban J connectivity index is 2.11. The van der Waals surface area contributed by atoms with Crippen LogP contribution in [0.2, 0.25) is 0 Å². The molecular formula is C14H16N6O. The molecule has 0 saturated heterocycles. The highest BCUT2D eigenvalue weighted by atomic mass is 16.5. The van der Waals surface area contributed by atoms with Crippen LogP contribution in [0.3, 0.4) is 0 Å². The van der Waals surface area contributed by atoms with Gasteiger partial charge in [0.05, 0.1) is 17.6 Å². The van der Waals surface area contributed by atoms with Gasteiger partial charge < -0.3 is 15.8 Å². The predicted molar refractivity (Wildman–Crippen MR) is 81.4 cm³/mol. The minimum absolute atomic E-state index is 0.230. The lowest BCUT2D eigenvalue weighted by Gasteiger charge is -2.09. The van der Waals surface area contributed by atoms with Crippen LogP contribution in [-0.2, 0) is 4.74 Å². The van der Waals surface area contributed by atoms with Crippen molar-refractivity contribution in [1.82, 2.24) is 19.5 Å². The molecule has 0 bridgehead atoms. The largest absolute Gasteiger partial charge is 0.383 e. The first-order valence-corrected chi connectivity index (χ1v) is 6.59. The number of methoxy groups -OCH3 is 1. The van der Waals surface area contributed by atoms with Gasteiger partial charge in [0.2, 0.25) is 11.9 Å². The summed E-state index contributed by atoms with van der Waals surface area (Å²) < 4.78 is 6.98. The lowest BCUT2D eigenvalue weighted by atomic mass is 10.3. The minimum Gasteiger partial charge on any atom is -0.383 e. The zero-order chi connectivity index (χ0) is 14.7. The fourth-order valence-corrected chi connectivity index (χ4v) is 2.13. The molecule has 108 valence electrons. The maximum absolute atomic E-state index is 5.68. The molecule has 7 nitrogen and oxygen atoms in total. The van der Waals surface area contributed by atoms with Crippen molar-refractivity contribution in [3.8, 4) is 5.82 Å². The van der Waals surface area contributed by atoms with Crippen LogP contribution in [0.1, 0.15) is 0 Å². The maximum atomic E-state index is 5.68. The monoisotopic (exact) mass is 284 g/mol. The van der Waals surface area contributed by atoms with Gasteiger partial charge >= 0.3 is 0 Å². The van der Waals surface area contributed by atoms with Crippen molar-refractivity contribution >= 4 is 22.9 Å². The van der Waals surface area contributed by atoms with Gasteiger partial charge in [0, 0.05) is 25.9 Å². The summed E-state index contributed by atoms with van der Waals surface area (Å²) in [6.07, 6.45) is 1.63. The Kier molecular flexibility index (Phi) is 3.65. The van der Waals surface area contributed by atoms with E-state index < -0.39 is 0 Å². The van der Waals surface area contributed by atoms with Gasteiger partial charge in [0.25, 0.3) is 0 Å². The molecule has 3 rings (SSSR count). The van der Waals surface area contributed by atoms with Crippen LogP contribution >= 0.6 is 0 Å². The summed E-state index contributed by atoms with van der Waals surface area (Å²) in [6, 6.07) is 9.66. The molecule has 0 aliphatic rings. The molecule has 0 aliphatic carbocycles. The van der Waals surface area contributed by atoms with E-state index in [0.717, 1.165) is 11.0 Å². The number of rotatable bonds is 5. The average Bonchev–Trinajstić information content (AvgIpc) is 2.86. The van der Waals surface area contributed by atoms with Crippen LogP contribution in [0.15, 0.2) is 36.5 Å². The Morgan fingerprint density at radius 2 is 2.10 bits per heavy atom. The van der Waals surface area contributed by atoms with Crippen LogP contribution in [0.5, 0.6) is 0 Å². The van der Waals surface area contributed by atoms with Gasteiger partial charge in [-0.25, -0.2) is 9.97 Å². The first-order chi connectivity index (χ1) is 10.3. The Morgan fingerprint density at radius 3 is 2.90 bits per heavy atom. The van der Waals surface area contributed by atoms with Gasteiger partial charge in [0.1, 0.15) is 5.82 Å². The normalized spacial score (nSPS) is 10.9. The van der Waals surface area contributed by atoms with Crippen LogP contribution in [0.25, 0.3) is 16.9 Å². The number of nitrogens with zero attached hydrogens (tertiary/aromatic N) is 4. The molecule has 0 aliphatic heterocycles. The molecule has 21 heavy (non-hydrogen) atoms. The second-order valence-corrected chi connectivity index (χ2v) is 4.45. The molecule has 0 unspecified atom stereocenters. The number of nitrogens with one attached hydrogen (secondary N) is 1. The van der Waals surface area contributed by atoms with Gasteiger partial charge in [-0.1, -0.05) is 12.1 Å². The van der Waals surface area contributed by atoms with E-state index in [4.69, 9.17) is 10.5 Å². The van der Waals surface area contributed by atoms with Crippen molar-refractivity contribution in [2.75, 3.05) is 31.3 Å². The number of anilines is 2. The molecule has 7 heteroatoms. The highest BCUT2D eigenvalue weighted by Crippen LogP contribution is 2.23. The Labute approximate surface area is 121 Å². The van der Waals surface area contributed by atoms with E-state index in [2.05, 4.69) is 20.3 Å². The molecule has 0 atom stereocenters. The van der Waals surface area contributed by atoms with Crippen LogP contribution in [0, 0.1) is 0 Å². The number of aromatic nitrogens is 4. The van der Waals surface area contributed by atoms with Gasteiger partial charge in [0.15, 0.2) is 0 Å². The van der Waals surface area contributed by atoms with Crippen LogP contribution in [-0.4, -0.2) is 39.8 Å². The van der Waals surface area contributed by atoms with Crippen molar-refractivity contribution in [3.63, 3.8) is 0 Å². The molecule has 0 spiro atoms. The highest BCUT2D eigenvalue weighted by Gasteiger charge is 2.13. The SMILES string of the molecule is COCCNc1nc2ccccc2n1-c1ccnc(N)n1. The third-order valence-corrected chi connectivity index (χ3v) is 3.04. The zero-order valence-corrected chi connectivity index (χ0v) is 11.7. The quantitative estimate of drug-likeness (QED) is 0.689. The summed E-state index contributed by atoms with van der Waals surface area (Å²) in [5.74, 6) is 1.61. The average molecular weight is 284 g/mol. The Morgan fingerprint density at radius 1 is 1.24 bits per heavy atom. The molecule has 0 saturated carbocycles. The number of imidazole rings is 1. The number of ether oxygens (including phenoxy) is 1. The van der Waals surface area contributed by atoms with E-state index in [1.165, 1.54) is 0 Å². The number of fused-ring (bicyclic) bond motifs is 1. The van der Waals surface area contributed by atoms with Gasteiger partial charge in [-0.05, 0) is 12.1 Å². The number of hydrogen-bond acceptors (Lipinski definition) is 6. The molecule has 0 radical (unpaired) electrons. The van der Waals surface area contributed by atoms with E-state index in [-0.39, 0.29) is 5.95 Å². The van der Waals surface area contributed by atoms with Crippen molar-refractivity contribution in [2.24, 2.45) is 0 Å². The standard InChI is InChI=1S/C14H16N6O/c1-21-9-8-17-14-18-10-4-2-3-5-11(10)20(14)12-6-7-16-13(15)19-12/h2-7H,8-9H2,1H3,(H,17,18)(H2,15,16,19). The molecule has 0 fully saturated rings. The van der Waals surface area contributed by atoms with Gasteiger partial charge in [-0.15, -0.1) is 0 Å². The van der Waals surface area contributed by atoms with Crippen molar-refractivity contribution in [2.45, 2.75) is 0 Å². The second-order valence-electron chi connectivity index (χ2n) is 4.45. The number of hydrogen-bond donors (Lipinski definition) is 2. The van der Waals surface area contributed by atoms with Crippen LogP contribution in [0.4, 0.5) is 11.9 Å². The lowest BCUT2D eigenvalue weighted by molar-refractivity contribution is 0.210. The summed E-state index contributed by atoms with van der Waals surface area (Å²) in [5.41, 5.74) is 7.52. The molecule has 1 aromatic carbocycles. The molecule has 3 aromatic rings. The van der Waals surface area contributed by atoms with Crippen molar-refractivity contribution in [3.05, 3.63) is 36.5 Å². The lowest BCUT2D eigenvalue weighted by Crippen LogP contribution is -2.12. The van der Waals surface area contributed by atoms with Gasteiger partial charge in [-0.2, -0.15) is 4.98 Å². The van der Waals surface area contributed by atoms with E-state index in [1.54, 1.807) is 19.4 Å². The Hall–Kier alpha value is -2.67. The molecular weight excluding hydrogens is 268 g/mol. The van der Waals surface area contributed by atoms with E-state index in [1.807, 2.05) is 28.8 Å². The molecule has 0 amide bonds. The predicted octanol–water partition coefficient (Wildman–Crippen LogP) is 1.46. The Bertz CT molecular complexity index is 754. The first-order valence-electron chi connectivity index (χ1n) is 6.59. The first kappa shape index (κ1) is 13.3. The molecule has 2 heterocycles. The summed E-state index contributed by atoms with van der Waals surface area (Å²) in [5, 5.41) is 3.25. The van der Waals surface area contributed by atoms with Crippen molar-refractivity contribution < 1.29 is 4.74 Å². The fraction of sp³-hybridized carbons (Fsp3) is 0.214. The number of para-hydroxylation sites is 2. The van der Waals surface area contributed by atoms with Gasteiger partial charge in [-0.3, -0.25) is 4.57 Å². The van der Waals surface area contributed by atoms with E-state index in [9.17, 15) is 0 Å². The smallest absolute Gasteiger partial charge is 0.221 e. The number of benzene rings is 1. The maximum Gasteiger partial charge on any atom is 0.221 e. The number of nitrogens with two attached hydrogens (primary N) is 1. The van der Waals surface area contributed by atoms with E-state index in [0.29, 0.717) is 24.9 Å². The number of nitrogen functional groups attached to an aromatic ring is 1. The third-order valence-electron chi connectivity index (χ3n) is 3.04. The topological polar surface area (TPSA) is 90.9 Å². The fourth-order valence-electron chi connectivity index (χ4n) is 2.13. The summed E-state index contributed by atoms with van der Waals surface area (Å²) in [4.78, 5) is 12.8. The minimum atomic E-state index is 0.230. The van der Waals surface area contributed by atoms with Crippen molar-refractivity contribution in [1.29, 1.82) is 0 Å². The third kappa shape index (κ3) is 2.63. The van der Waals surface area contributed by atoms with Crippen LogP contribution < -0.4 is 11.1 Å². The summed E-state index contributed by atoms with van der Waals surface area (Å²) in [7, 11) is 1.66. The zero-order valence-electron chi connectivity index (χ0n) is 11.7. The molecule has 2 aromatic heterocycles. The summed E-state index contributed by atoms with van der Waals surface area (Å²) >= 11 is 0. The van der Waals surface area contributed by atoms with E-state index >= 15 is 0 Å². The summed E-state index contributed by atoms with van der Waals surface area (Å²) in [6.45, 7) is 1.25. The molecule has 3 N–H and O–H groups in total. The second kappa shape index (κ2) is 5.76.